The summed E-state index contributed by atoms with van der Waals surface area (Å²) in [6.07, 6.45) is 1.86. The van der Waals surface area contributed by atoms with Crippen LogP contribution in [0.3, 0.4) is 0 Å². The molecule has 8 heteroatoms. The van der Waals surface area contributed by atoms with Gasteiger partial charge in [0.25, 0.3) is 0 Å². The SMILES string of the molecule is CO[C@@H]1CN(Cc2noc(C(C)C)n2)C[C@H]1c1cn[nH]n1. The third kappa shape index (κ3) is 2.96. The van der Waals surface area contributed by atoms with Crippen LogP contribution < -0.4 is 0 Å². The lowest BCUT2D eigenvalue weighted by molar-refractivity contribution is 0.0954. The fourth-order valence-electron chi connectivity index (χ4n) is 2.66. The smallest absolute Gasteiger partial charge is 0.229 e. The van der Waals surface area contributed by atoms with Crippen LogP contribution in [0, 0.1) is 0 Å². The van der Waals surface area contributed by atoms with Crippen LogP contribution >= 0.6 is 0 Å². The zero-order chi connectivity index (χ0) is 14.8. The van der Waals surface area contributed by atoms with Crippen molar-refractivity contribution in [3.05, 3.63) is 23.6 Å². The molecule has 0 aliphatic carbocycles. The van der Waals surface area contributed by atoms with E-state index in [4.69, 9.17) is 9.26 Å². The lowest BCUT2D eigenvalue weighted by atomic mass is 10.0. The van der Waals surface area contributed by atoms with Gasteiger partial charge in [-0.05, 0) is 0 Å². The summed E-state index contributed by atoms with van der Waals surface area (Å²) in [5, 5.41) is 14.7. The van der Waals surface area contributed by atoms with Crippen molar-refractivity contribution in [2.45, 2.75) is 38.3 Å². The molecular weight excluding hydrogens is 272 g/mol. The molecule has 2 aromatic heterocycles. The maximum Gasteiger partial charge on any atom is 0.229 e. The summed E-state index contributed by atoms with van der Waals surface area (Å²) < 4.78 is 10.8. The molecule has 3 rings (SSSR count). The Morgan fingerprint density at radius 3 is 2.95 bits per heavy atom. The molecule has 0 spiro atoms. The predicted octanol–water partition coefficient (Wildman–Crippen LogP) is 0.925. The molecule has 0 aromatic carbocycles. The summed E-state index contributed by atoms with van der Waals surface area (Å²) >= 11 is 0. The van der Waals surface area contributed by atoms with E-state index in [1.54, 1.807) is 13.3 Å². The van der Waals surface area contributed by atoms with Gasteiger partial charge in [-0.3, -0.25) is 4.90 Å². The molecular formula is C13H20N6O2. The zero-order valence-corrected chi connectivity index (χ0v) is 12.5. The Morgan fingerprint density at radius 2 is 2.33 bits per heavy atom. The highest BCUT2D eigenvalue weighted by atomic mass is 16.5. The van der Waals surface area contributed by atoms with Crippen LogP contribution in [0.2, 0.25) is 0 Å². The summed E-state index contributed by atoms with van der Waals surface area (Å²) in [4.78, 5) is 6.67. The third-order valence-electron chi connectivity index (χ3n) is 3.80. The van der Waals surface area contributed by atoms with E-state index in [1.807, 2.05) is 13.8 Å². The number of ether oxygens (including phenoxy) is 1. The van der Waals surface area contributed by atoms with Crippen LogP contribution in [0.4, 0.5) is 0 Å². The van der Waals surface area contributed by atoms with Crippen LogP contribution in [-0.2, 0) is 11.3 Å². The van der Waals surface area contributed by atoms with Gasteiger partial charge in [0, 0.05) is 32.0 Å². The van der Waals surface area contributed by atoms with Crippen molar-refractivity contribution in [2.75, 3.05) is 20.2 Å². The fraction of sp³-hybridized carbons (Fsp3) is 0.692. The van der Waals surface area contributed by atoms with Crippen LogP contribution in [-0.4, -0.2) is 56.8 Å². The van der Waals surface area contributed by atoms with Gasteiger partial charge in [0.1, 0.15) is 0 Å². The highest BCUT2D eigenvalue weighted by Gasteiger charge is 2.36. The van der Waals surface area contributed by atoms with Gasteiger partial charge in [-0.1, -0.05) is 19.0 Å². The van der Waals surface area contributed by atoms with E-state index in [9.17, 15) is 0 Å². The first-order valence-corrected chi connectivity index (χ1v) is 7.10. The first-order valence-electron chi connectivity index (χ1n) is 7.10. The van der Waals surface area contributed by atoms with Crippen molar-refractivity contribution in [3.8, 4) is 0 Å². The molecule has 0 bridgehead atoms. The third-order valence-corrected chi connectivity index (χ3v) is 3.80. The van der Waals surface area contributed by atoms with Gasteiger partial charge in [-0.25, -0.2) is 0 Å². The van der Waals surface area contributed by atoms with Crippen LogP contribution in [0.1, 0.15) is 43.1 Å². The Balaban J connectivity index is 1.67. The standard InChI is InChI=1S/C13H20N6O2/c1-8(2)13-15-12(17-21-13)7-19-5-9(11(6-19)20-3)10-4-14-18-16-10/h4,8-9,11H,5-7H2,1-3H3,(H,14,16,18)/t9-,11+/m0/s1. The largest absolute Gasteiger partial charge is 0.379 e. The molecule has 8 nitrogen and oxygen atoms in total. The van der Waals surface area contributed by atoms with Gasteiger partial charge < -0.3 is 9.26 Å². The number of likely N-dealkylation sites (tertiary alicyclic amines) is 1. The molecule has 3 heterocycles. The van der Waals surface area contributed by atoms with Gasteiger partial charge in [-0.15, -0.1) is 0 Å². The molecule has 1 N–H and O–H groups in total. The Kier molecular flexibility index (Phi) is 3.98. The molecule has 0 saturated carbocycles. The molecule has 2 aromatic rings. The fourth-order valence-corrected chi connectivity index (χ4v) is 2.66. The summed E-state index contributed by atoms with van der Waals surface area (Å²) in [5.41, 5.74) is 0.931. The Labute approximate surface area is 122 Å². The second kappa shape index (κ2) is 5.90. The topological polar surface area (TPSA) is 93.0 Å². The van der Waals surface area contributed by atoms with E-state index in [1.165, 1.54) is 0 Å². The Bertz CT molecular complexity index is 567. The molecule has 0 radical (unpaired) electrons. The van der Waals surface area contributed by atoms with E-state index >= 15 is 0 Å². The number of aromatic nitrogens is 5. The average molecular weight is 292 g/mol. The maximum atomic E-state index is 5.57. The molecule has 1 aliphatic rings. The molecule has 0 amide bonds. The van der Waals surface area contributed by atoms with E-state index in [2.05, 4.69) is 30.5 Å². The highest BCUT2D eigenvalue weighted by Crippen LogP contribution is 2.28. The molecule has 2 atom stereocenters. The summed E-state index contributed by atoms with van der Waals surface area (Å²) in [6, 6.07) is 0. The van der Waals surface area contributed by atoms with Gasteiger partial charge in [-0.2, -0.15) is 20.4 Å². The second-order valence-electron chi connectivity index (χ2n) is 5.67. The number of aromatic amines is 1. The Morgan fingerprint density at radius 1 is 1.48 bits per heavy atom. The highest BCUT2D eigenvalue weighted by molar-refractivity contribution is 5.09. The number of rotatable bonds is 5. The first kappa shape index (κ1) is 14.2. The van der Waals surface area contributed by atoms with Crippen molar-refractivity contribution in [1.82, 2.24) is 30.5 Å². The maximum absolute atomic E-state index is 5.57. The number of hydrogen-bond acceptors (Lipinski definition) is 7. The van der Waals surface area contributed by atoms with Crippen LogP contribution in [0.5, 0.6) is 0 Å². The Hall–Kier alpha value is -1.80. The minimum absolute atomic E-state index is 0.103. The zero-order valence-electron chi connectivity index (χ0n) is 12.5. The second-order valence-corrected chi connectivity index (χ2v) is 5.67. The number of methoxy groups -OCH3 is 1. The average Bonchev–Trinajstić information content (AvgIpc) is 3.18. The van der Waals surface area contributed by atoms with Crippen molar-refractivity contribution in [2.24, 2.45) is 0 Å². The number of nitrogens with zero attached hydrogens (tertiary/aromatic N) is 5. The van der Waals surface area contributed by atoms with Crippen molar-refractivity contribution < 1.29 is 9.26 Å². The molecule has 0 unspecified atom stereocenters. The van der Waals surface area contributed by atoms with E-state index in [-0.39, 0.29) is 17.9 Å². The van der Waals surface area contributed by atoms with Gasteiger partial charge in [0.15, 0.2) is 5.82 Å². The molecule has 1 aliphatic heterocycles. The van der Waals surface area contributed by atoms with Crippen molar-refractivity contribution >= 4 is 0 Å². The van der Waals surface area contributed by atoms with Crippen molar-refractivity contribution in [1.29, 1.82) is 0 Å². The minimum atomic E-state index is 0.103. The van der Waals surface area contributed by atoms with E-state index in [0.29, 0.717) is 18.3 Å². The predicted molar refractivity (Wildman–Crippen MR) is 73.6 cm³/mol. The van der Waals surface area contributed by atoms with Gasteiger partial charge in [0.2, 0.25) is 5.89 Å². The molecule has 114 valence electrons. The molecule has 1 saturated heterocycles. The van der Waals surface area contributed by atoms with E-state index in [0.717, 1.165) is 18.8 Å². The normalized spacial score (nSPS) is 23.2. The molecule has 1 fully saturated rings. The molecule has 21 heavy (non-hydrogen) atoms. The number of H-pyrrole nitrogens is 1. The number of hydrogen-bond donors (Lipinski definition) is 1. The summed E-state index contributed by atoms with van der Waals surface area (Å²) in [6.45, 7) is 6.39. The monoisotopic (exact) mass is 292 g/mol. The lowest BCUT2D eigenvalue weighted by Crippen LogP contribution is -2.23. The van der Waals surface area contributed by atoms with Crippen LogP contribution in [0.25, 0.3) is 0 Å². The van der Waals surface area contributed by atoms with E-state index < -0.39 is 0 Å². The summed E-state index contributed by atoms with van der Waals surface area (Å²) in [5.74, 6) is 1.86. The van der Waals surface area contributed by atoms with Crippen LogP contribution in [0.15, 0.2) is 10.7 Å². The quantitative estimate of drug-likeness (QED) is 0.876. The first-order chi connectivity index (χ1) is 10.2. The lowest BCUT2D eigenvalue weighted by Gasteiger charge is -2.13. The van der Waals surface area contributed by atoms with Gasteiger partial charge in [0.05, 0.1) is 24.5 Å². The number of nitrogens with one attached hydrogen (secondary N) is 1. The van der Waals surface area contributed by atoms with Crippen molar-refractivity contribution in [3.63, 3.8) is 0 Å². The summed E-state index contributed by atoms with van der Waals surface area (Å²) in [7, 11) is 1.73. The van der Waals surface area contributed by atoms with Gasteiger partial charge >= 0.3 is 0 Å². The minimum Gasteiger partial charge on any atom is -0.379 e.